The van der Waals surface area contributed by atoms with Crippen LogP contribution in [0.15, 0.2) is 0 Å². The molecule has 0 heterocycles. The van der Waals surface area contributed by atoms with Crippen molar-refractivity contribution in [1.29, 1.82) is 0 Å². The first-order valence-corrected chi connectivity index (χ1v) is 3.21. The number of rotatable bonds is 0. The van der Waals surface area contributed by atoms with Gasteiger partial charge in [-0.2, -0.15) is 0 Å². The van der Waals surface area contributed by atoms with Crippen LogP contribution in [0, 0.1) is 5.41 Å². The molecule has 1 aliphatic rings. The van der Waals surface area contributed by atoms with Crippen molar-refractivity contribution < 1.29 is 54.2 Å². The average molecular weight is 142 g/mol. The molecule has 0 bridgehead atoms. The zero-order valence-corrected chi connectivity index (χ0v) is 10.0. The van der Waals surface area contributed by atoms with Gasteiger partial charge in [0, 0.05) is 1.43 Å². The molecule has 0 aromatic rings. The Labute approximate surface area is 98.8 Å². The summed E-state index contributed by atoms with van der Waals surface area (Å²) < 4.78 is 0. The van der Waals surface area contributed by atoms with Gasteiger partial charge in [-0.3, -0.25) is 0 Å². The molecule has 0 N–H and O–H groups in total. The molecule has 48 valence electrons. The third-order valence-electron chi connectivity index (χ3n) is 1.25. The summed E-state index contributed by atoms with van der Waals surface area (Å²) in [5, 5.41) is 0. The van der Waals surface area contributed by atoms with Crippen molar-refractivity contribution in [3.63, 3.8) is 0 Å². The van der Waals surface area contributed by atoms with Crippen LogP contribution in [0.1, 0.15) is 43.4 Å². The Balaban J connectivity index is -0.0000000337. The Hall–Kier alpha value is 1.64. The second-order valence-corrected chi connectivity index (χ2v) is 2.66. The fourth-order valence-corrected chi connectivity index (χ4v) is 0.250. The summed E-state index contributed by atoms with van der Waals surface area (Å²) in [6, 6.07) is 0. The van der Waals surface area contributed by atoms with Gasteiger partial charge in [0.15, 0.2) is 0 Å². The smallest absolute Gasteiger partial charge is 1.00 e. The maximum atomic E-state index is 2.30. The van der Waals surface area contributed by atoms with Crippen LogP contribution in [0.2, 0.25) is 0 Å². The molecule has 0 unspecified atom stereocenters. The molecular formula is C7H19K. The van der Waals surface area contributed by atoms with Crippen LogP contribution in [-0.2, 0) is 0 Å². The maximum absolute atomic E-state index is 2.30. The number of hydrogen-bond acceptors (Lipinski definition) is 0. The minimum atomic E-state index is 0. The van der Waals surface area contributed by atoms with E-state index < -0.39 is 0 Å². The van der Waals surface area contributed by atoms with Gasteiger partial charge in [0.2, 0.25) is 0 Å². The Morgan fingerprint density at radius 2 is 1.38 bits per heavy atom. The van der Waals surface area contributed by atoms with Crippen molar-refractivity contribution in [3.05, 3.63) is 0 Å². The van der Waals surface area contributed by atoms with E-state index in [1.807, 2.05) is 13.8 Å². The minimum absolute atomic E-state index is 0. The fourth-order valence-electron chi connectivity index (χ4n) is 0.250. The van der Waals surface area contributed by atoms with Crippen LogP contribution in [0.25, 0.3) is 0 Å². The second-order valence-electron chi connectivity index (χ2n) is 2.66. The standard InChI is InChI=1S/C5H10.C2H6.K.H2.H/c1-5(2)3-4-5;1-2;;;/h3-4H2,1-2H3;1-2H3;;1H;/q;;+1;;-1. The quantitative estimate of drug-likeness (QED) is 0.424. The normalized spacial score (nSPS) is 19.5. The van der Waals surface area contributed by atoms with Gasteiger partial charge < -0.3 is 1.43 Å². The van der Waals surface area contributed by atoms with Gasteiger partial charge in [-0.1, -0.05) is 27.7 Å². The van der Waals surface area contributed by atoms with Crippen molar-refractivity contribution in [1.82, 2.24) is 0 Å². The molecule has 0 spiro atoms. The van der Waals surface area contributed by atoms with E-state index in [1.54, 1.807) is 0 Å². The van der Waals surface area contributed by atoms with Crippen molar-refractivity contribution in [2.24, 2.45) is 5.41 Å². The van der Waals surface area contributed by atoms with Crippen LogP contribution in [-0.4, -0.2) is 0 Å². The molecule has 0 saturated heterocycles. The predicted molar refractivity (Wildman–Crippen MR) is 37.6 cm³/mol. The van der Waals surface area contributed by atoms with Gasteiger partial charge >= 0.3 is 51.4 Å². The molecule has 1 rings (SSSR count). The summed E-state index contributed by atoms with van der Waals surface area (Å²) in [6.07, 6.45) is 2.90. The van der Waals surface area contributed by atoms with Crippen LogP contribution in [0.5, 0.6) is 0 Å². The second kappa shape index (κ2) is 5.42. The summed E-state index contributed by atoms with van der Waals surface area (Å²) in [5.41, 5.74) is 0.750. The zero-order chi connectivity index (χ0) is 5.91. The zero-order valence-electron chi connectivity index (χ0n) is 7.91. The molecule has 1 heteroatoms. The van der Waals surface area contributed by atoms with Crippen molar-refractivity contribution in [2.45, 2.75) is 40.5 Å². The van der Waals surface area contributed by atoms with E-state index >= 15 is 0 Å². The van der Waals surface area contributed by atoms with Crippen LogP contribution < -0.4 is 51.4 Å². The summed E-state index contributed by atoms with van der Waals surface area (Å²) in [4.78, 5) is 0. The van der Waals surface area contributed by atoms with E-state index in [9.17, 15) is 0 Å². The van der Waals surface area contributed by atoms with Gasteiger partial charge in [0.25, 0.3) is 0 Å². The van der Waals surface area contributed by atoms with Gasteiger partial charge in [-0.05, 0) is 18.3 Å². The van der Waals surface area contributed by atoms with Crippen molar-refractivity contribution in [3.8, 4) is 0 Å². The Morgan fingerprint density at radius 1 is 1.25 bits per heavy atom. The maximum Gasteiger partial charge on any atom is 1.00 e. The molecule has 1 saturated carbocycles. The van der Waals surface area contributed by atoms with E-state index in [0.717, 1.165) is 5.41 Å². The van der Waals surface area contributed by atoms with E-state index in [0.29, 0.717) is 0 Å². The van der Waals surface area contributed by atoms with E-state index in [2.05, 4.69) is 13.8 Å². The SMILES string of the molecule is CC.CC1(C)CC1.[H-].[HH].[K+]. The average Bonchev–Trinajstić information content (AvgIpc) is 2.26. The summed E-state index contributed by atoms with van der Waals surface area (Å²) >= 11 is 0. The predicted octanol–water partition coefficient (Wildman–Crippen LogP) is 0.195. The van der Waals surface area contributed by atoms with E-state index in [1.165, 1.54) is 12.8 Å². The molecule has 0 atom stereocenters. The number of hydrogen-bond donors (Lipinski definition) is 0. The van der Waals surface area contributed by atoms with Crippen molar-refractivity contribution >= 4 is 0 Å². The molecule has 0 amide bonds. The summed E-state index contributed by atoms with van der Waals surface area (Å²) in [5.74, 6) is 0. The summed E-state index contributed by atoms with van der Waals surface area (Å²) in [6.45, 7) is 8.60. The van der Waals surface area contributed by atoms with Crippen molar-refractivity contribution in [2.75, 3.05) is 0 Å². The molecule has 1 fully saturated rings. The molecule has 8 heavy (non-hydrogen) atoms. The first kappa shape index (κ1) is 12.3. The van der Waals surface area contributed by atoms with Crippen LogP contribution >= 0.6 is 0 Å². The summed E-state index contributed by atoms with van der Waals surface area (Å²) in [7, 11) is 0. The third-order valence-corrected chi connectivity index (χ3v) is 1.25. The Morgan fingerprint density at radius 3 is 1.38 bits per heavy atom. The van der Waals surface area contributed by atoms with E-state index in [4.69, 9.17) is 0 Å². The molecule has 1 aliphatic carbocycles. The molecule has 0 radical (unpaired) electrons. The van der Waals surface area contributed by atoms with Gasteiger partial charge in [-0.15, -0.1) is 0 Å². The monoisotopic (exact) mass is 142 g/mol. The first-order chi connectivity index (χ1) is 3.21. The van der Waals surface area contributed by atoms with Crippen LogP contribution in [0.3, 0.4) is 0 Å². The van der Waals surface area contributed by atoms with E-state index in [-0.39, 0.29) is 54.2 Å². The minimum Gasteiger partial charge on any atom is -1.00 e. The fraction of sp³-hybridized carbons (Fsp3) is 1.00. The Bertz CT molecular complexity index is 49.6. The molecule has 0 aromatic heterocycles. The van der Waals surface area contributed by atoms with Gasteiger partial charge in [0.1, 0.15) is 0 Å². The topological polar surface area (TPSA) is 0 Å². The molecular weight excluding hydrogens is 123 g/mol. The van der Waals surface area contributed by atoms with Gasteiger partial charge in [0.05, 0.1) is 0 Å². The molecule has 0 aliphatic heterocycles. The van der Waals surface area contributed by atoms with Gasteiger partial charge in [-0.25, -0.2) is 0 Å². The largest absolute Gasteiger partial charge is 1.00 e. The molecule has 0 aromatic carbocycles. The first-order valence-electron chi connectivity index (χ1n) is 3.21. The molecule has 0 nitrogen and oxygen atoms in total. The third kappa shape index (κ3) is 7.64. The Kier molecular flexibility index (Phi) is 8.36. The van der Waals surface area contributed by atoms with Crippen LogP contribution in [0.4, 0.5) is 0 Å².